The number of rotatable bonds is 7. The van der Waals surface area contributed by atoms with Crippen molar-refractivity contribution in [2.24, 2.45) is 4.99 Å². The molecule has 0 N–H and O–H groups in total. The fourth-order valence-corrected chi connectivity index (χ4v) is 6.31. The molecule has 6 nitrogen and oxygen atoms in total. The molecular weight excluding hydrogens is 532 g/mol. The molecule has 7 heteroatoms. The number of aromatic nitrogens is 1. The van der Waals surface area contributed by atoms with Gasteiger partial charge in [0.15, 0.2) is 10.6 Å². The van der Waals surface area contributed by atoms with Gasteiger partial charge >= 0.3 is 0 Å². The summed E-state index contributed by atoms with van der Waals surface area (Å²) >= 11 is 1.32. The number of fused-ring (bicyclic) bond motifs is 2. The summed E-state index contributed by atoms with van der Waals surface area (Å²) in [6.07, 6.45) is 1.86. The third-order valence-electron chi connectivity index (χ3n) is 7.28. The maximum Gasteiger partial charge on any atom is 0.271 e. The molecule has 4 aromatic carbocycles. The third-order valence-corrected chi connectivity index (χ3v) is 8.27. The Morgan fingerprint density at radius 2 is 1.66 bits per heavy atom. The predicted octanol–water partition coefficient (Wildman–Crippen LogP) is 5.57. The van der Waals surface area contributed by atoms with Crippen LogP contribution in [-0.4, -0.2) is 17.5 Å². The summed E-state index contributed by atoms with van der Waals surface area (Å²) in [5, 5.41) is 2.36. The number of hydrogen-bond acceptors (Lipinski definition) is 6. The summed E-state index contributed by atoms with van der Waals surface area (Å²) in [7, 11) is 1.60. The van der Waals surface area contributed by atoms with Crippen molar-refractivity contribution in [3.8, 4) is 11.5 Å². The van der Waals surface area contributed by atoms with Gasteiger partial charge in [0.25, 0.3) is 5.56 Å². The average molecular weight is 561 g/mol. The van der Waals surface area contributed by atoms with Crippen LogP contribution in [0, 0.1) is 0 Å². The summed E-state index contributed by atoms with van der Waals surface area (Å²) in [5.74, 6) is 1.34. The van der Waals surface area contributed by atoms with E-state index < -0.39 is 6.04 Å². The Hall–Kier alpha value is -4.75. The van der Waals surface area contributed by atoms with E-state index in [0.29, 0.717) is 33.0 Å². The molecule has 6 rings (SSSR count). The number of carbonyl (C=O) groups excluding carboxylic acids is 1. The third kappa shape index (κ3) is 5.12. The van der Waals surface area contributed by atoms with E-state index >= 15 is 0 Å². The lowest BCUT2D eigenvalue weighted by Gasteiger charge is -2.24. The number of ketones is 1. The topological polar surface area (TPSA) is 69.9 Å². The molecule has 0 amide bonds. The Balaban J connectivity index is 1.31. The molecule has 0 saturated carbocycles. The van der Waals surface area contributed by atoms with Gasteiger partial charge in [0.2, 0.25) is 0 Å². The Labute approximate surface area is 241 Å². The van der Waals surface area contributed by atoms with E-state index in [0.717, 1.165) is 22.4 Å². The van der Waals surface area contributed by atoms with Gasteiger partial charge in [-0.2, -0.15) is 0 Å². The van der Waals surface area contributed by atoms with Gasteiger partial charge in [-0.1, -0.05) is 78.1 Å². The maximum absolute atomic E-state index is 13.7. The van der Waals surface area contributed by atoms with Crippen LogP contribution in [0.1, 0.15) is 36.6 Å². The quantitative estimate of drug-likeness (QED) is 0.261. The molecule has 41 heavy (non-hydrogen) atoms. The zero-order chi connectivity index (χ0) is 28.5. The SMILES string of the molecule is COc1ccc(C2C(C(C)=O)=C(C)N=c3s/c(=C/c4ccc(OCc5cccc6ccccc56)cc4)c(=O)n32)cc1. The van der Waals surface area contributed by atoms with Crippen LogP contribution >= 0.6 is 11.3 Å². The highest BCUT2D eigenvalue weighted by Crippen LogP contribution is 2.31. The number of allylic oxidation sites excluding steroid dienone is 2. The Kier molecular flexibility index (Phi) is 7.12. The van der Waals surface area contributed by atoms with Crippen molar-refractivity contribution < 1.29 is 14.3 Å². The molecule has 0 spiro atoms. The zero-order valence-corrected chi connectivity index (χ0v) is 23.8. The summed E-state index contributed by atoms with van der Waals surface area (Å²) in [6, 6.07) is 29.1. The predicted molar refractivity (Wildman–Crippen MR) is 162 cm³/mol. The molecule has 0 aliphatic carbocycles. The number of thiazole rings is 1. The van der Waals surface area contributed by atoms with Crippen LogP contribution in [-0.2, 0) is 11.4 Å². The lowest BCUT2D eigenvalue weighted by Crippen LogP contribution is -2.39. The minimum absolute atomic E-state index is 0.111. The van der Waals surface area contributed by atoms with Crippen LogP contribution in [0.5, 0.6) is 11.5 Å². The highest BCUT2D eigenvalue weighted by molar-refractivity contribution is 7.07. The second kappa shape index (κ2) is 11.0. The van der Waals surface area contributed by atoms with Crippen molar-refractivity contribution in [3.63, 3.8) is 0 Å². The molecule has 2 heterocycles. The van der Waals surface area contributed by atoms with Gasteiger partial charge in [0, 0.05) is 11.3 Å². The molecule has 1 aliphatic heterocycles. The monoisotopic (exact) mass is 560 g/mol. The minimum Gasteiger partial charge on any atom is -0.497 e. The number of nitrogens with zero attached hydrogens (tertiary/aromatic N) is 2. The average Bonchev–Trinajstić information content (AvgIpc) is 3.29. The first-order chi connectivity index (χ1) is 19.9. The Morgan fingerprint density at radius 1 is 0.951 bits per heavy atom. The van der Waals surface area contributed by atoms with Gasteiger partial charge in [-0.15, -0.1) is 0 Å². The van der Waals surface area contributed by atoms with Crippen LogP contribution < -0.4 is 24.4 Å². The molecule has 1 unspecified atom stereocenters. The molecule has 0 fully saturated rings. The van der Waals surface area contributed by atoms with Gasteiger partial charge in [-0.25, -0.2) is 4.99 Å². The van der Waals surface area contributed by atoms with Crippen molar-refractivity contribution >= 4 is 34.0 Å². The molecule has 5 aromatic rings. The second-order valence-corrected chi connectivity index (χ2v) is 10.9. The highest BCUT2D eigenvalue weighted by Gasteiger charge is 2.30. The zero-order valence-electron chi connectivity index (χ0n) is 23.0. The van der Waals surface area contributed by atoms with Crippen molar-refractivity contribution in [2.75, 3.05) is 7.11 Å². The molecular formula is C34H28N2O4S. The van der Waals surface area contributed by atoms with E-state index in [-0.39, 0.29) is 11.3 Å². The molecule has 1 aromatic heterocycles. The van der Waals surface area contributed by atoms with Gasteiger partial charge in [0.05, 0.1) is 17.7 Å². The van der Waals surface area contributed by atoms with Gasteiger partial charge in [-0.3, -0.25) is 14.2 Å². The van der Waals surface area contributed by atoms with Crippen LogP contribution in [0.2, 0.25) is 0 Å². The molecule has 1 aliphatic rings. The van der Waals surface area contributed by atoms with Gasteiger partial charge in [-0.05, 0) is 71.7 Å². The lowest BCUT2D eigenvalue weighted by molar-refractivity contribution is -0.114. The first-order valence-corrected chi connectivity index (χ1v) is 14.1. The summed E-state index contributed by atoms with van der Waals surface area (Å²) in [4.78, 5) is 31.6. The lowest BCUT2D eigenvalue weighted by atomic mass is 9.93. The van der Waals surface area contributed by atoms with E-state index in [1.165, 1.54) is 29.0 Å². The number of carbonyl (C=O) groups is 1. The second-order valence-electron chi connectivity index (χ2n) is 9.91. The first-order valence-electron chi connectivity index (χ1n) is 13.3. The fourth-order valence-electron chi connectivity index (χ4n) is 5.26. The van der Waals surface area contributed by atoms with Crippen molar-refractivity contribution in [3.05, 3.63) is 139 Å². The summed E-state index contributed by atoms with van der Waals surface area (Å²) in [6.45, 7) is 3.80. The van der Waals surface area contributed by atoms with E-state index in [1.54, 1.807) is 11.7 Å². The molecule has 0 radical (unpaired) electrons. The van der Waals surface area contributed by atoms with Gasteiger partial charge < -0.3 is 9.47 Å². The highest BCUT2D eigenvalue weighted by atomic mass is 32.1. The van der Waals surface area contributed by atoms with Gasteiger partial charge in [0.1, 0.15) is 18.1 Å². The van der Waals surface area contributed by atoms with E-state index in [9.17, 15) is 9.59 Å². The van der Waals surface area contributed by atoms with Crippen LogP contribution in [0.4, 0.5) is 0 Å². The standard InChI is InChI=1S/C34H28N2O4S/c1-21-31(22(2)37)32(25-13-17-27(39-3)18-14-25)36-33(38)30(41-34(36)35-21)19-23-11-15-28(16-12-23)40-20-26-9-6-8-24-7-4-5-10-29(24)26/h4-19,32H,20H2,1-3H3/b30-19+. The van der Waals surface area contributed by atoms with E-state index in [4.69, 9.17) is 9.47 Å². The molecule has 0 bridgehead atoms. The smallest absolute Gasteiger partial charge is 0.271 e. The number of benzene rings is 4. The number of hydrogen-bond donors (Lipinski definition) is 0. The normalized spacial score (nSPS) is 15.0. The van der Waals surface area contributed by atoms with E-state index in [2.05, 4.69) is 29.3 Å². The first kappa shape index (κ1) is 26.5. The Morgan fingerprint density at radius 3 is 2.39 bits per heavy atom. The molecule has 204 valence electrons. The summed E-state index contributed by atoms with van der Waals surface area (Å²) in [5.41, 5.74) is 3.78. The van der Waals surface area contributed by atoms with Crippen molar-refractivity contribution in [1.29, 1.82) is 0 Å². The van der Waals surface area contributed by atoms with Crippen LogP contribution in [0.3, 0.4) is 0 Å². The number of methoxy groups -OCH3 is 1. The Bertz CT molecular complexity index is 1980. The van der Waals surface area contributed by atoms with Crippen LogP contribution in [0.15, 0.2) is 112 Å². The minimum atomic E-state index is -0.554. The van der Waals surface area contributed by atoms with E-state index in [1.807, 2.05) is 79.7 Å². The molecule has 1 atom stereocenters. The number of ether oxygens (including phenoxy) is 2. The van der Waals surface area contributed by atoms with Crippen molar-refractivity contribution in [2.45, 2.75) is 26.5 Å². The maximum atomic E-state index is 13.7. The fraction of sp³-hybridized carbons (Fsp3) is 0.147. The largest absolute Gasteiger partial charge is 0.497 e. The van der Waals surface area contributed by atoms with Crippen molar-refractivity contribution in [1.82, 2.24) is 4.57 Å². The molecule has 0 saturated heterocycles. The van der Waals surface area contributed by atoms with Crippen LogP contribution in [0.25, 0.3) is 16.8 Å². The summed E-state index contributed by atoms with van der Waals surface area (Å²) < 4.78 is 13.6. The number of Topliss-reactive ketones (excluding diaryl/α,β-unsaturated/α-hetero) is 1.